The first kappa shape index (κ1) is 19.1. The van der Waals surface area contributed by atoms with Gasteiger partial charge in [-0.25, -0.2) is 0 Å². The van der Waals surface area contributed by atoms with Crippen LogP contribution in [0.2, 0.25) is 0 Å². The van der Waals surface area contributed by atoms with E-state index in [2.05, 4.69) is 38.0 Å². The van der Waals surface area contributed by atoms with Crippen LogP contribution in [0.15, 0.2) is 12.3 Å². The summed E-state index contributed by atoms with van der Waals surface area (Å²) in [4.78, 5) is 0. The maximum atomic E-state index is 3.64. The highest BCUT2D eigenvalue weighted by molar-refractivity contribution is 4.82. The molecule has 88 valence electrons. The maximum absolute atomic E-state index is 3.64. The van der Waals surface area contributed by atoms with Gasteiger partial charge < -0.3 is 10.6 Å². The van der Waals surface area contributed by atoms with Crippen LogP contribution in [0.3, 0.4) is 0 Å². The second kappa shape index (κ2) is 18.3. The van der Waals surface area contributed by atoms with Crippen molar-refractivity contribution in [3.05, 3.63) is 12.3 Å². The molecule has 0 saturated carbocycles. The van der Waals surface area contributed by atoms with Gasteiger partial charge in [-0.15, -0.1) is 0 Å². The van der Waals surface area contributed by atoms with Gasteiger partial charge in [-0.2, -0.15) is 0 Å². The van der Waals surface area contributed by atoms with Crippen molar-refractivity contribution < 1.29 is 0 Å². The van der Waals surface area contributed by atoms with Crippen molar-refractivity contribution >= 4 is 0 Å². The van der Waals surface area contributed by atoms with Crippen LogP contribution in [-0.4, -0.2) is 13.7 Å². The fraction of sp³-hybridized carbons (Fsp3) is 0.833. The first-order valence-electron chi connectivity index (χ1n) is 5.58. The van der Waals surface area contributed by atoms with Gasteiger partial charge in [-0.05, 0) is 19.9 Å². The third-order valence-corrected chi connectivity index (χ3v) is 1.38. The van der Waals surface area contributed by atoms with E-state index in [-0.39, 0.29) is 0 Å². The molecule has 0 aromatic heterocycles. The van der Waals surface area contributed by atoms with Gasteiger partial charge in [-0.1, -0.05) is 47.6 Å². The molecule has 2 heteroatoms. The number of allylic oxidation sites excluding steroid dienone is 1. The molecule has 14 heavy (non-hydrogen) atoms. The maximum Gasteiger partial charge on any atom is 0.0647 e. The highest BCUT2D eigenvalue weighted by Gasteiger charge is 1.80. The summed E-state index contributed by atoms with van der Waals surface area (Å²) in [6, 6.07) is 0. The third kappa shape index (κ3) is 41.9. The molecule has 0 bridgehead atoms. The smallest absolute Gasteiger partial charge is 0.0647 e. The van der Waals surface area contributed by atoms with Crippen LogP contribution in [-0.2, 0) is 0 Å². The van der Waals surface area contributed by atoms with Crippen LogP contribution < -0.4 is 10.6 Å². The minimum Gasteiger partial charge on any atom is -0.377 e. The van der Waals surface area contributed by atoms with Crippen LogP contribution in [0.25, 0.3) is 0 Å². The highest BCUT2D eigenvalue weighted by atomic mass is 15.0. The predicted molar refractivity (Wildman–Crippen MR) is 68.4 cm³/mol. The summed E-state index contributed by atoms with van der Waals surface area (Å²) in [5.41, 5.74) is 0.995. The third-order valence-electron chi connectivity index (χ3n) is 1.38. The summed E-state index contributed by atoms with van der Waals surface area (Å²) in [7, 11) is 1.88. The molecule has 0 aliphatic rings. The van der Waals surface area contributed by atoms with Gasteiger partial charge in [0.2, 0.25) is 0 Å². The summed E-state index contributed by atoms with van der Waals surface area (Å²) in [5.74, 6) is 0.884. The lowest BCUT2D eigenvalue weighted by Crippen LogP contribution is -2.23. The van der Waals surface area contributed by atoms with Crippen molar-refractivity contribution in [3.63, 3.8) is 0 Å². The summed E-state index contributed by atoms with van der Waals surface area (Å²) < 4.78 is 0. The SMILES string of the molecule is C=C(C)NCNC.CC.CCC(C)C. The zero-order valence-electron chi connectivity index (χ0n) is 11.2. The van der Waals surface area contributed by atoms with E-state index >= 15 is 0 Å². The van der Waals surface area contributed by atoms with E-state index in [1.165, 1.54) is 6.42 Å². The van der Waals surface area contributed by atoms with Crippen LogP contribution in [0.1, 0.15) is 48.0 Å². The summed E-state index contributed by atoms with van der Waals surface area (Å²) in [5, 5.41) is 5.92. The summed E-state index contributed by atoms with van der Waals surface area (Å²) in [6.45, 7) is 17.0. The summed E-state index contributed by atoms with van der Waals surface area (Å²) in [6.07, 6.45) is 1.31. The fourth-order valence-electron chi connectivity index (χ4n) is 0.239. The average Bonchev–Trinajstić information content (AvgIpc) is 2.18. The second-order valence-electron chi connectivity index (χ2n) is 3.29. The lowest BCUT2D eigenvalue weighted by Gasteiger charge is -2.00. The Morgan fingerprint density at radius 3 is 1.71 bits per heavy atom. The Morgan fingerprint density at radius 2 is 1.64 bits per heavy atom. The molecule has 0 amide bonds. The van der Waals surface area contributed by atoms with Crippen LogP contribution in [0, 0.1) is 5.92 Å². The van der Waals surface area contributed by atoms with Gasteiger partial charge in [0.05, 0.1) is 6.67 Å². The highest BCUT2D eigenvalue weighted by Crippen LogP contribution is 1.93. The topological polar surface area (TPSA) is 24.1 Å². The van der Waals surface area contributed by atoms with Crippen molar-refractivity contribution in [2.24, 2.45) is 5.92 Å². The average molecular weight is 202 g/mol. The molecular formula is C12H30N2. The molecule has 0 fully saturated rings. The Balaban J connectivity index is -0.000000152. The number of nitrogens with one attached hydrogen (secondary N) is 2. The van der Waals surface area contributed by atoms with E-state index in [0.717, 1.165) is 18.3 Å². The molecule has 0 unspecified atom stereocenters. The van der Waals surface area contributed by atoms with E-state index in [4.69, 9.17) is 0 Å². The quantitative estimate of drug-likeness (QED) is 0.683. The van der Waals surface area contributed by atoms with Gasteiger partial charge in [0.1, 0.15) is 0 Å². The zero-order chi connectivity index (χ0) is 12.0. The van der Waals surface area contributed by atoms with Gasteiger partial charge >= 0.3 is 0 Å². The first-order chi connectivity index (χ1) is 6.54. The lowest BCUT2D eigenvalue weighted by atomic mass is 10.2. The molecule has 0 rings (SSSR count). The van der Waals surface area contributed by atoms with Crippen LogP contribution >= 0.6 is 0 Å². The van der Waals surface area contributed by atoms with Crippen molar-refractivity contribution in [2.75, 3.05) is 13.7 Å². The minimum atomic E-state index is 0.801. The van der Waals surface area contributed by atoms with Crippen molar-refractivity contribution in [1.29, 1.82) is 0 Å². The molecule has 2 N–H and O–H groups in total. The Morgan fingerprint density at radius 1 is 1.29 bits per heavy atom. The minimum absolute atomic E-state index is 0.801. The molecule has 2 nitrogen and oxygen atoms in total. The number of hydrogen-bond donors (Lipinski definition) is 2. The predicted octanol–water partition coefficient (Wildman–Crippen LogP) is 3.37. The zero-order valence-corrected chi connectivity index (χ0v) is 11.2. The standard InChI is InChI=1S/C5H12N2.C5H12.C2H6/c1-5(2)7-4-6-3;1-4-5(2)3;1-2/h6-7H,1,4H2,2-3H3;5H,4H2,1-3H3;1-2H3. The van der Waals surface area contributed by atoms with E-state index in [1.54, 1.807) is 0 Å². The molecule has 0 aromatic rings. The van der Waals surface area contributed by atoms with Gasteiger partial charge in [-0.3, -0.25) is 0 Å². The van der Waals surface area contributed by atoms with E-state index in [1.807, 2.05) is 27.8 Å². The summed E-state index contributed by atoms with van der Waals surface area (Å²) >= 11 is 0. The van der Waals surface area contributed by atoms with Crippen LogP contribution in [0.4, 0.5) is 0 Å². The molecule has 0 atom stereocenters. The van der Waals surface area contributed by atoms with E-state index in [0.29, 0.717) is 0 Å². The van der Waals surface area contributed by atoms with E-state index in [9.17, 15) is 0 Å². The van der Waals surface area contributed by atoms with E-state index < -0.39 is 0 Å². The molecular weight excluding hydrogens is 172 g/mol. The fourth-order valence-corrected chi connectivity index (χ4v) is 0.239. The van der Waals surface area contributed by atoms with Crippen molar-refractivity contribution in [2.45, 2.75) is 48.0 Å². The molecule has 0 spiro atoms. The molecule has 0 aromatic carbocycles. The largest absolute Gasteiger partial charge is 0.377 e. The molecule has 0 aliphatic heterocycles. The molecule has 0 saturated heterocycles. The monoisotopic (exact) mass is 202 g/mol. The van der Waals surface area contributed by atoms with Crippen LogP contribution in [0.5, 0.6) is 0 Å². The molecule has 0 aliphatic carbocycles. The molecule has 0 heterocycles. The Labute approximate surface area is 91.2 Å². The van der Waals surface area contributed by atoms with Crippen molar-refractivity contribution in [1.82, 2.24) is 10.6 Å². The Kier molecular flexibility index (Phi) is 25.0. The number of hydrogen-bond acceptors (Lipinski definition) is 2. The lowest BCUT2D eigenvalue weighted by molar-refractivity contribution is 0.626. The van der Waals surface area contributed by atoms with Gasteiger partial charge in [0.15, 0.2) is 0 Å². The Hall–Kier alpha value is -0.500. The van der Waals surface area contributed by atoms with Crippen molar-refractivity contribution in [3.8, 4) is 0 Å². The number of rotatable bonds is 4. The van der Waals surface area contributed by atoms with Gasteiger partial charge in [0.25, 0.3) is 0 Å². The second-order valence-corrected chi connectivity index (χ2v) is 3.29. The molecule has 0 radical (unpaired) electrons. The Bertz CT molecular complexity index is 98.5. The van der Waals surface area contributed by atoms with Gasteiger partial charge in [0, 0.05) is 5.70 Å². The first-order valence-corrected chi connectivity index (χ1v) is 5.58. The normalized spacial score (nSPS) is 8.00.